The lowest BCUT2D eigenvalue weighted by atomic mass is 10.1. The molecule has 5 heteroatoms. The van der Waals surface area contributed by atoms with Crippen molar-refractivity contribution in [2.45, 2.75) is 187 Å². The number of hydrogen-bond donors (Lipinski definition) is 1. The molecule has 0 heterocycles. The van der Waals surface area contributed by atoms with E-state index in [9.17, 15) is 14.7 Å². The van der Waals surface area contributed by atoms with Gasteiger partial charge in [-0.3, -0.25) is 9.59 Å². The minimum Gasteiger partial charge on any atom is -0.462 e. The third kappa shape index (κ3) is 31.3. The van der Waals surface area contributed by atoms with Gasteiger partial charge in [-0.15, -0.1) is 0 Å². The van der Waals surface area contributed by atoms with Crippen molar-refractivity contribution in [3.63, 3.8) is 0 Å². The molecule has 0 aromatic heterocycles. The molecule has 0 bridgehead atoms. The summed E-state index contributed by atoms with van der Waals surface area (Å²) in [6.07, 6.45) is 38.0. The number of unbranched alkanes of at least 4 members (excludes halogenated alkanes) is 20. The molecule has 0 aromatic carbocycles. The van der Waals surface area contributed by atoms with Crippen LogP contribution in [-0.2, 0) is 19.1 Å². The van der Waals surface area contributed by atoms with Crippen LogP contribution in [0.1, 0.15) is 181 Å². The van der Waals surface area contributed by atoms with Crippen LogP contribution in [0, 0.1) is 0 Å². The van der Waals surface area contributed by atoms with Crippen LogP contribution in [0.15, 0.2) is 24.3 Å². The number of carbonyl (C=O) groups is 2. The number of esters is 2. The van der Waals surface area contributed by atoms with Gasteiger partial charge < -0.3 is 14.6 Å². The van der Waals surface area contributed by atoms with Gasteiger partial charge in [0.25, 0.3) is 0 Å². The maximum absolute atomic E-state index is 12.1. The standard InChI is InChI=1S/C37H68O5/c1-3-5-7-9-11-13-15-16-17-18-19-20-22-23-25-27-29-31-36(39)41-34-35(33-38)42-37(40)32-30-28-26-24-21-14-12-10-8-6-4-2/h11,13,16-17,35,38H,3-10,12,14-15,18-34H2,1-2H3. The Bertz CT molecular complexity index is 642. The predicted molar refractivity (Wildman–Crippen MR) is 178 cm³/mol. The van der Waals surface area contributed by atoms with Crippen molar-refractivity contribution in [3.05, 3.63) is 24.3 Å². The molecule has 1 atom stereocenters. The molecular weight excluding hydrogens is 524 g/mol. The van der Waals surface area contributed by atoms with Gasteiger partial charge in [0, 0.05) is 12.8 Å². The maximum atomic E-state index is 12.1. The monoisotopic (exact) mass is 593 g/mol. The summed E-state index contributed by atoms with van der Waals surface area (Å²) in [5, 5.41) is 9.51. The highest BCUT2D eigenvalue weighted by molar-refractivity contribution is 5.70. The van der Waals surface area contributed by atoms with E-state index >= 15 is 0 Å². The van der Waals surface area contributed by atoms with Crippen LogP contribution in [0.5, 0.6) is 0 Å². The van der Waals surface area contributed by atoms with Gasteiger partial charge in [-0.1, -0.05) is 147 Å². The smallest absolute Gasteiger partial charge is 0.306 e. The summed E-state index contributed by atoms with van der Waals surface area (Å²) in [5.74, 6) is -0.597. The molecule has 0 fully saturated rings. The van der Waals surface area contributed by atoms with E-state index < -0.39 is 6.10 Å². The van der Waals surface area contributed by atoms with Crippen molar-refractivity contribution in [3.8, 4) is 0 Å². The van der Waals surface area contributed by atoms with Gasteiger partial charge >= 0.3 is 11.9 Å². The number of aliphatic hydroxyl groups excluding tert-OH is 1. The van der Waals surface area contributed by atoms with Gasteiger partial charge in [-0.25, -0.2) is 0 Å². The number of ether oxygens (including phenoxy) is 2. The summed E-state index contributed by atoms with van der Waals surface area (Å²) in [6.45, 7) is 4.09. The molecule has 0 amide bonds. The first-order valence-corrected chi connectivity index (χ1v) is 17.9. The van der Waals surface area contributed by atoms with E-state index in [0.717, 1.165) is 44.9 Å². The second-order valence-corrected chi connectivity index (χ2v) is 12.0. The summed E-state index contributed by atoms with van der Waals surface area (Å²) in [5.41, 5.74) is 0. The first-order valence-electron chi connectivity index (χ1n) is 17.9. The summed E-state index contributed by atoms with van der Waals surface area (Å²) in [6, 6.07) is 0. The minimum absolute atomic E-state index is 0.0664. The lowest BCUT2D eigenvalue weighted by Gasteiger charge is -2.15. The molecule has 246 valence electrons. The van der Waals surface area contributed by atoms with E-state index in [1.807, 2.05) is 0 Å². The number of aliphatic hydroxyl groups is 1. The van der Waals surface area contributed by atoms with Crippen molar-refractivity contribution >= 4 is 11.9 Å². The van der Waals surface area contributed by atoms with Gasteiger partial charge in [0.05, 0.1) is 6.61 Å². The lowest BCUT2D eigenvalue weighted by Crippen LogP contribution is -2.28. The van der Waals surface area contributed by atoms with Gasteiger partial charge in [-0.05, 0) is 44.9 Å². The fourth-order valence-electron chi connectivity index (χ4n) is 4.99. The lowest BCUT2D eigenvalue weighted by molar-refractivity contribution is -0.161. The third-order valence-electron chi connectivity index (χ3n) is 7.75. The molecule has 5 nitrogen and oxygen atoms in total. The molecule has 0 saturated heterocycles. The summed E-state index contributed by atoms with van der Waals surface area (Å²) in [4.78, 5) is 24.1. The Morgan fingerprint density at radius 2 is 0.952 bits per heavy atom. The van der Waals surface area contributed by atoms with Crippen LogP contribution in [0.2, 0.25) is 0 Å². The highest BCUT2D eigenvalue weighted by Gasteiger charge is 2.16. The fraction of sp³-hybridized carbons (Fsp3) is 0.838. The molecule has 1 N–H and O–H groups in total. The number of allylic oxidation sites excluding steroid dienone is 4. The molecule has 0 rings (SSSR count). The van der Waals surface area contributed by atoms with Crippen molar-refractivity contribution in [1.82, 2.24) is 0 Å². The molecule has 0 radical (unpaired) electrons. The van der Waals surface area contributed by atoms with E-state index in [-0.39, 0.29) is 25.2 Å². The Labute approximate surface area is 260 Å². The van der Waals surface area contributed by atoms with Crippen LogP contribution in [0.25, 0.3) is 0 Å². The first-order chi connectivity index (χ1) is 20.6. The van der Waals surface area contributed by atoms with Gasteiger partial charge in [0.2, 0.25) is 0 Å². The van der Waals surface area contributed by atoms with Gasteiger partial charge in [-0.2, -0.15) is 0 Å². The molecule has 0 aliphatic carbocycles. The number of rotatable bonds is 32. The Hall–Kier alpha value is -1.62. The van der Waals surface area contributed by atoms with Crippen LogP contribution in [0.4, 0.5) is 0 Å². The molecule has 0 aliphatic rings. The number of carbonyl (C=O) groups excluding carboxylic acids is 2. The Kier molecular flexibility index (Phi) is 32.6. The minimum atomic E-state index is -0.768. The van der Waals surface area contributed by atoms with E-state index in [4.69, 9.17) is 9.47 Å². The molecular formula is C37H68O5. The highest BCUT2D eigenvalue weighted by atomic mass is 16.6. The Morgan fingerprint density at radius 3 is 1.45 bits per heavy atom. The van der Waals surface area contributed by atoms with Crippen LogP contribution in [0.3, 0.4) is 0 Å². The largest absolute Gasteiger partial charge is 0.462 e. The molecule has 0 aliphatic heterocycles. The maximum Gasteiger partial charge on any atom is 0.306 e. The predicted octanol–water partition coefficient (Wildman–Crippen LogP) is 10.7. The zero-order valence-electron chi connectivity index (χ0n) is 27.8. The average Bonchev–Trinajstić information content (AvgIpc) is 2.99. The fourth-order valence-corrected chi connectivity index (χ4v) is 4.99. The van der Waals surface area contributed by atoms with E-state index in [1.165, 1.54) is 109 Å². The zero-order valence-corrected chi connectivity index (χ0v) is 27.8. The second kappa shape index (κ2) is 33.9. The quantitative estimate of drug-likeness (QED) is 0.0478. The van der Waals surface area contributed by atoms with Gasteiger partial charge in [0.15, 0.2) is 6.10 Å². The zero-order chi connectivity index (χ0) is 30.8. The Balaban J connectivity index is 3.57. The van der Waals surface area contributed by atoms with Crippen LogP contribution >= 0.6 is 0 Å². The normalized spacial score (nSPS) is 12.4. The van der Waals surface area contributed by atoms with Crippen molar-refractivity contribution < 1.29 is 24.2 Å². The van der Waals surface area contributed by atoms with Crippen molar-refractivity contribution in [1.29, 1.82) is 0 Å². The van der Waals surface area contributed by atoms with Crippen LogP contribution in [-0.4, -0.2) is 36.4 Å². The van der Waals surface area contributed by atoms with Crippen molar-refractivity contribution in [2.75, 3.05) is 13.2 Å². The number of hydrogen-bond acceptors (Lipinski definition) is 5. The van der Waals surface area contributed by atoms with Gasteiger partial charge in [0.1, 0.15) is 6.61 Å². The molecule has 0 saturated carbocycles. The second-order valence-electron chi connectivity index (χ2n) is 12.0. The molecule has 42 heavy (non-hydrogen) atoms. The van der Waals surface area contributed by atoms with Crippen molar-refractivity contribution in [2.24, 2.45) is 0 Å². The average molecular weight is 593 g/mol. The van der Waals surface area contributed by atoms with E-state index in [0.29, 0.717) is 12.8 Å². The van der Waals surface area contributed by atoms with E-state index in [2.05, 4.69) is 38.2 Å². The SMILES string of the molecule is CCCCCC=CCC=CCCCCCCCCCC(=O)OCC(CO)OC(=O)CCCCCCCCCCCCC. The first kappa shape index (κ1) is 40.4. The summed E-state index contributed by atoms with van der Waals surface area (Å²) in [7, 11) is 0. The Morgan fingerprint density at radius 1 is 0.548 bits per heavy atom. The summed E-state index contributed by atoms with van der Waals surface area (Å²) >= 11 is 0. The molecule has 0 spiro atoms. The van der Waals surface area contributed by atoms with E-state index in [1.54, 1.807) is 0 Å². The van der Waals surface area contributed by atoms with Crippen LogP contribution < -0.4 is 0 Å². The summed E-state index contributed by atoms with van der Waals surface area (Å²) < 4.78 is 10.6. The highest BCUT2D eigenvalue weighted by Crippen LogP contribution is 2.13. The molecule has 1 unspecified atom stereocenters. The molecule has 0 aromatic rings. The topological polar surface area (TPSA) is 72.8 Å². The third-order valence-corrected chi connectivity index (χ3v) is 7.75.